The minimum atomic E-state index is -0.244. The zero-order chi connectivity index (χ0) is 18.3. The van der Waals surface area contributed by atoms with E-state index in [0.717, 1.165) is 29.4 Å². The highest BCUT2D eigenvalue weighted by Crippen LogP contribution is 2.14. The molecule has 1 amide bonds. The van der Waals surface area contributed by atoms with E-state index < -0.39 is 0 Å². The molecule has 0 spiro atoms. The van der Waals surface area contributed by atoms with Crippen molar-refractivity contribution in [1.82, 2.24) is 0 Å². The van der Waals surface area contributed by atoms with Crippen LogP contribution in [0.3, 0.4) is 0 Å². The lowest BCUT2D eigenvalue weighted by Gasteiger charge is -2.22. The molecule has 3 nitrogen and oxygen atoms in total. The Morgan fingerprint density at radius 1 is 0.800 bits per heavy atom. The standard InChI is InChI=1S/C21H42N2O.ClH/c1-5-6-7-8-9-10-11-12-13-14-15-16-17-20(21(22)24)18-19-23(2,3)4;/h18H,5-17,19H2,1-4H3,(H-,22,24);1H. The predicted molar refractivity (Wildman–Crippen MR) is 106 cm³/mol. The van der Waals surface area contributed by atoms with Crippen LogP contribution in [0.2, 0.25) is 0 Å². The van der Waals surface area contributed by atoms with Crippen molar-refractivity contribution in [3.8, 4) is 0 Å². The summed E-state index contributed by atoms with van der Waals surface area (Å²) in [7, 11) is 6.37. The zero-order valence-electron chi connectivity index (χ0n) is 17.3. The quantitative estimate of drug-likeness (QED) is 0.251. The Morgan fingerprint density at radius 3 is 1.56 bits per heavy atom. The third-order valence-corrected chi connectivity index (χ3v) is 4.50. The number of carbonyl (C=O) groups excluding carboxylic acids is 1. The normalized spacial score (nSPS) is 12.1. The molecule has 0 unspecified atom stereocenters. The van der Waals surface area contributed by atoms with Gasteiger partial charge in [0.15, 0.2) is 0 Å². The smallest absolute Gasteiger partial charge is 0.244 e. The van der Waals surface area contributed by atoms with E-state index in [1.165, 1.54) is 70.6 Å². The second-order valence-corrected chi connectivity index (χ2v) is 8.21. The molecule has 150 valence electrons. The van der Waals surface area contributed by atoms with Crippen molar-refractivity contribution in [3.05, 3.63) is 11.6 Å². The molecule has 0 heterocycles. The third-order valence-electron chi connectivity index (χ3n) is 4.50. The monoisotopic (exact) mass is 374 g/mol. The van der Waals surface area contributed by atoms with E-state index in [0.29, 0.717) is 0 Å². The van der Waals surface area contributed by atoms with E-state index in [4.69, 9.17) is 5.73 Å². The van der Waals surface area contributed by atoms with Crippen molar-refractivity contribution in [2.45, 2.75) is 90.4 Å². The maximum atomic E-state index is 11.5. The molecule has 0 bridgehead atoms. The van der Waals surface area contributed by atoms with Gasteiger partial charge in [0.05, 0.1) is 27.7 Å². The van der Waals surface area contributed by atoms with Crippen LogP contribution in [0.15, 0.2) is 11.6 Å². The Kier molecular flexibility index (Phi) is 18.0. The number of hydrogen-bond donors (Lipinski definition) is 1. The molecule has 0 rings (SSSR count). The first-order valence-electron chi connectivity index (χ1n) is 10.2. The van der Waals surface area contributed by atoms with Crippen LogP contribution in [0.5, 0.6) is 0 Å². The summed E-state index contributed by atoms with van der Waals surface area (Å²) in [5.41, 5.74) is 6.31. The van der Waals surface area contributed by atoms with Gasteiger partial charge in [-0.15, -0.1) is 0 Å². The summed E-state index contributed by atoms with van der Waals surface area (Å²) in [5, 5.41) is 0. The lowest BCUT2D eigenvalue weighted by molar-refractivity contribution is -0.864. The van der Waals surface area contributed by atoms with Crippen LogP contribution in [0, 0.1) is 0 Å². The maximum absolute atomic E-state index is 11.5. The maximum Gasteiger partial charge on any atom is 0.244 e. The Bertz CT molecular complexity index is 348. The molecule has 0 radical (unpaired) electrons. The number of primary amides is 1. The minimum Gasteiger partial charge on any atom is -1.00 e. The van der Waals surface area contributed by atoms with Crippen LogP contribution in [0.1, 0.15) is 90.4 Å². The second-order valence-electron chi connectivity index (χ2n) is 8.21. The molecule has 0 aliphatic heterocycles. The lowest BCUT2D eigenvalue weighted by Crippen LogP contribution is -3.00. The molecular weight excluding hydrogens is 332 g/mol. The van der Waals surface area contributed by atoms with E-state index in [2.05, 4.69) is 28.1 Å². The van der Waals surface area contributed by atoms with E-state index >= 15 is 0 Å². The number of unbranched alkanes of at least 4 members (excludes halogenated alkanes) is 11. The molecule has 0 aromatic heterocycles. The fourth-order valence-electron chi connectivity index (χ4n) is 2.87. The largest absolute Gasteiger partial charge is 1.00 e. The molecule has 4 heteroatoms. The van der Waals surface area contributed by atoms with Crippen molar-refractivity contribution < 1.29 is 21.7 Å². The van der Waals surface area contributed by atoms with E-state index in [1.807, 2.05) is 6.08 Å². The van der Waals surface area contributed by atoms with Gasteiger partial charge < -0.3 is 22.6 Å². The summed E-state index contributed by atoms with van der Waals surface area (Å²) in [6.07, 6.45) is 18.9. The highest BCUT2D eigenvalue weighted by molar-refractivity contribution is 5.91. The molecule has 0 saturated carbocycles. The molecule has 0 saturated heterocycles. The number of likely N-dealkylation sites (N-methyl/N-ethyl adjacent to an activating group) is 1. The second kappa shape index (κ2) is 16.9. The highest BCUT2D eigenvalue weighted by atomic mass is 35.5. The van der Waals surface area contributed by atoms with Crippen LogP contribution in [0.25, 0.3) is 0 Å². The fraction of sp³-hybridized carbons (Fsp3) is 0.857. The Labute approximate surface area is 163 Å². The Morgan fingerprint density at radius 2 is 1.20 bits per heavy atom. The van der Waals surface area contributed by atoms with Crippen molar-refractivity contribution in [3.63, 3.8) is 0 Å². The van der Waals surface area contributed by atoms with Gasteiger partial charge in [0.1, 0.15) is 0 Å². The molecule has 0 aromatic carbocycles. The van der Waals surface area contributed by atoms with E-state index in [9.17, 15) is 4.79 Å². The SMILES string of the molecule is CCCCCCCCCCCCCCC(=CC[N+](C)(C)C)C(N)=O.[Cl-]. The predicted octanol–water partition coefficient (Wildman–Crippen LogP) is 2.20. The number of amides is 1. The number of rotatable bonds is 16. The van der Waals surface area contributed by atoms with Crippen LogP contribution >= 0.6 is 0 Å². The molecular formula is C21H43ClN2O. The summed E-state index contributed by atoms with van der Waals surface area (Å²) >= 11 is 0. The number of halogens is 1. The summed E-state index contributed by atoms with van der Waals surface area (Å²) < 4.78 is 0.829. The minimum absolute atomic E-state index is 0. The zero-order valence-corrected chi connectivity index (χ0v) is 18.0. The van der Waals surface area contributed by atoms with Gasteiger partial charge in [-0.2, -0.15) is 0 Å². The molecule has 2 N–H and O–H groups in total. The van der Waals surface area contributed by atoms with Gasteiger partial charge >= 0.3 is 0 Å². The van der Waals surface area contributed by atoms with E-state index in [-0.39, 0.29) is 18.3 Å². The highest BCUT2D eigenvalue weighted by Gasteiger charge is 2.09. The molecule has 25 heavy (non-hydrogen) atoms. The average Bonchev–Trinajstić information content (AvgIpc) is 2.49. The average molecular weight is 375 g/mol. The van der Waals surface area contributed by atoms with Crippen LogP contribution < -0.4 is 18.1 Å². The first-order chi connectivity index (χ1) is 11.4. The number of quaternary nitrogens is 1. The first-order valence-corrected chi connectivity index (χ1v) is 10.2. The van der Waals surface area contributed by atoms with Crippen LogP contribution in [-0.2, 0) is 4.79 Å². The Hall–Kier alpha value is -0.540. The van der Waals surface area contributed by atoms with Crippen molar-refractivity contribution >= 4 is 5.91 Å². The molecule has 0 atom stereocenters. The van der Waals surface area contributed by atoms with Crippen molar-refractivity contribution in [1.29, 1.82) is 0 Å². The molecule has 0 fully saturated rings. The van der Waals surface area contributed by atoms with Gasteiger partial charge in [-0.3, -0.25) is 4.79 Å². The number of nitrogens with two attached hydrogens (primary N) is 1. The van der Waals surface area contributed by atoms with Gasteiger partial charge in [0.25, 0.3) is 0 Å². The summed E-state index contributed by atoms with van der Waals surface area (Å²) in [6, 6.07) is 0. The van der Waals surface area contributed by atoms with Crippen molar-refractivity contribution in [2.75, 3.05) is 27.7 Å². The van der Waals surface area contributed by atoms with Gasteiger partial charge in [-0.1, -0.05) is 77.6 Å². The van der Waals surface area contributed by atoms with Crippen LogP contribution in [0.4, 0.5) is 0 Å². The summed E-state index contributed by atoms with van der Waals surface area (Å²) in [4.78, 5) is 11.5. The van der Waals surface area contributed by atoms with Crippen molar-refractivity contribution in [2.24, 2.45) is 5.73 Å². The summed E-state index contributed by atoms with van der Waals surface area (Å²) in [5.74, 6) is -0.244. The van der Waals surface area contributed by atoms with Gasteiger partial charge in [0, 0.05) is 5.57 Å². The third kappa shape index (κ3) is 19.6. The van der Waals surface area contributed by atoms with Gasteiger partial charge in [0.2, 0.25) is 5.91 Å². The summed E-state index contributed by atoms with van der Waals surface area (Å²) in [6.45, 7) is 3.13. The van der Waals surface area contributed by atoms with E-state index in [1.54, 1.807) is 0 Å². The number of hydrogen-bond acceptors (Lipinski definition) is 1. The Balaban J connectivity index is 0. The first kappa shape index (κ1) is 26.7. The van der Waals surface area contributed by atoms with Gasteiger partial charge in [-0.05, 0) is 18.9 Å². The fourth-order valence-corrected chi connectivity index (χ4v) is 2.87. The topological polar surface area (TPSA) is 43.1 Å². The lowest BCUT2D eigenvalue weighted by atomic mass is 10.0. The number of nitrogens with zero attached hydrogens (tertiary/aromatic N) is 1. The number of carbonyl (C=O) groups is 1. The molecule has 0 aliphatic carbocycles. The van der Waals surface area contributed by atoms with Gasteiger partial charge in [-0.25, -0.2) is 0 Å². The van der Waals surface area contributed by atoms with Crippen LogP contribution in [-0.4, -0.2) is 38.1 Å². The molecule has 0 aromatic rings. The molecule has 0 aliphatic rings.